The largest absolute Gasteiger partial charge is 0.493 e. The summed E-state index contributed by atoms with van der Waals surface area (Å²) in [5, 5.41) is 15.2. The van der Waals surface area contributed by atoms with Crippen LogP contribution in [0.1, 0.15) is 11.7 Å². The zero-order chi connectivity index (χ0) is 15.7. The van der Waals surface area contributed by atoms with Crippen LogP contribution >= 0.6 is 0 Å². The van der Waals surface area contributed by atoms with E-state index >= 15 is 0 Å². The fourth-order valence-corrected chi connectivity index (χ4v) is 1.70. The zero-order valence-electron chi connectivity index (χ0n) is 12.5. The molecule has 7 nitrogen and oxygen atoms in total. The van der Waals surface area contributed by atoms with Crippen LogP contribution in [0.3, 0.4) is 0 Å². The summed E-state index contributed by atoms with van der Waals surface area (Å²) in [6.07, 6.45) is -0.835. The van der Waals surface area contributed by atoms with Gasteiger partial charge in [-0.3, -0.25) is 0 Å². The highest BCUT2D eigenvalue weighted by atomic mass is 16.5. The lowest BCUT2D eigenvalue weighted by Gasteiger charge is -2.15. The third kappa shape index (κ3) is 5.49. The Bertz CT molecular complexity index is 453. The highest BCUT2D eigenvalue weighted by Gasteiger charge is 2.12. The molecule has 0 saturated carbocycles. The number of nitrogens with one attached hydrogen (secondary N) is 2. The molecule has 7 heteroatoms. The van der Waals surface area contributed by atoms with Crippen LogP contribution in [0.25, 0.3) is 0 Å². The van der Waals surface area contributed by atoms with Crippen LogP contribution in [0, 0.1) is 0 Å². The minimum atomic E-state index is -0.835. The molecule has 1 aromatic rings. The summed E-state index contributed by atoms with van der Waals surface area (Å²) in [6.45, 7) is 0.939. The summed E-state index contributed by atoms with van der Waals surface area (Å²) < 4.78 is 15.1. The van der Waals surface area contributed by atoms with E-state index in [2.05, 4.69) is 10.6 Å². The highest BCUT2D eigenvalue weighted by Crippen LogP contribution is 2.29. The lowest BCUT2D eigenvalue weighted by molar-refractivity contribution is 0.170. The zero-order valence-corrected chi connectivity index (χ0v) is 12.5. The standard InChI is InChI=1S/C14H22N2O5/c1-19-7-6-15-14(18)16-9-11(17)10-4-5-12(20-2)13(8-10)21-3/h4-5,8,11,17H,6-7,9H2,1-3H3,(H2,15,16,18)/t11-/m1/s1. The van der Waals surface area contributed by atoms with Crippen molar-refractivity contribution in [2.45, 2.75) is 6.10 Å². The van der Waals surface area contributed by atoms with Crippen LogP contribution in [-0.4, -0.2) is 52.2 Å². The number of hydrogen-bond donors (Lipinski definition) is 3. The molecule has 0 fully saturated rings. The molecule has 0 saturated heterocycles. The molecule has 0 bridgehead atoms. The molecule has 0 aromatic heterocycles. The van der Waals surface area contributed by atoms with Crippen molar-refractivity contribution in [1.29, 1.82) is 0 Å². The summed E-state index contributed by atoms with van der Waals surface area (Å²) in [5.74, 6) is 1.11. The van der Waals surface area contributed by atoms with E-state index in [-0.39, 0.29) is 12.6 Å². The van der Waals surface area contributed by atoms with E-state index in [4.69, 9.17) is 14.2 Å². The van der Waals surface area contributed by atoms with Gasteiger partial charge in [-0.15, -0.1) is 0 Å². The average Bonchev–Trinajstić information content (AvgIpc) is 2.52. The number of aliphatic hydroxyl groups is 1. The Morgan fingerprint density at radius 3 is 2.52 bits per heavy atom. The third-order valence-electron chi connectivity index (χ3n) is 2.84. The maximum atomic E-state index is 11.4. The number of hydrogen-bond acceptors (Lipinski definition) is 5. The van der Waals surface area contributed by atoms with E-state index in [9.17, 15) is 9.90 Å². The van der Waals surface area contributed by atoms with Gasteiger partial charge in [0.05, 0.1) is 26.9 Å². The van der Waals surface area contributed by atoms with Gasteiger partial charge in [0.1, 0.15) is 0 Å². The molecule has 0 unspecified atom stereocenters. The summed E-state index contributed by atoms with van der Waals surface area (Å²) in [4.78, 5) is 11.4. The Morgan fingerprint density at radius 2 is 1.90 bits per heavy atom. The first-order valence-corrected chi connectivity index (χ1v) is 6.53. The Morgan fingerprint density at radius 1 is 1.19 bits per heavy atom. The maximum absolute atomic E-state index is 11.4. The summed E-state index contributed by atoms with van der Waals surface area (Å²) >= 11 is 0. The molecule has 118 valence electrons. The second-order valence-electron chi connectivity index (χ2n) is 4.26. The lowest BCUT2D eigenvalue weighted by atomic mass is 10.1. The number of aliphatic hydroxyl groups excluding tert-OH is 1. The molecule has 1 aromatic carbocycles. The predicted octanol–water partition coefficient (Wildman–Crippen LogP) is 0.683. The Hall–Kier alpha value is -1.99. The highest BCUT2D eigenvalue weighted by molar-refractivity contribution is 5.73. The number of amides is 2. The van der Waals surface area contributed by atoms with Crippen LogP contribution in [0.2, 0.25) is 0 Å². The second-order valence-corrected chi connectivity index (χ2v) is 4.26. The van der Waals surface area contributed by atoms with Gasteiger partial charge < -0.3 is 30.0 Å². The van der Waals surface area contributed by atoms with E-state index in [1.165, 1.54) is 7.11 Å². The van der Waals surface area contributed by atoms with Crippen LogP contribution < -0.4 is 20.1 Å². The van der Waals surface area contributed by atoms with Crippen LogP contribution in [-0.2, 0) is 4.74 Å². The first-order valence-electron chi connectivity index (χ1n) is 6.53. The minimum absolute atomic E-state index is 0.0916. The van der Waals surface area contributed by atoms with Gasteiger partial charge in [0.15, 0.2) is 11.5 Å². The van der Waals surface area contributed by atoms with Crippen molar-refractivity contribution in [2.75, 3.05) is 41.0 Å². The van der Waals surface area contributed by atoms with Gasteiger partial charge in [0, 0.05) is 20.2 Å². The quantitative estimate of drug-likeness (QED) is 0.614. The fraction of sp³-hybridized carbons (Fsp3) is 0.500. The topological polar surface area (TPSA) is 89.1 Å². The van der Waals surface area contributed by atoms with E-state index < -0.39 is 6.10 Å². The van der Waals surface area contributed by atoms with Crippen molar-refractivity contribution in [1.82, 2.24) is 10.6 Å². The summed E-state index contributed by atoms with van der Waals surface area (Å²) in [5.41, 5.74) is 0.629. The molecule has 2 amide bonds. The van der Waals surface area contributed by atoms with Gasteiger partial charge in [-0.05, 0) is 17.7 Å². The molecule has 21 heavy (non-hydrogen) atoms. The van der Waals surface area contributed by atoms with E-state index in [0.717, 1.165) is 0 Å². The molecular formula is C14H22N2O5. The number of ether oxygens (including phenoxy) is 3. The van der Waals surface area contributed by atoms with Gasteiger partial charge in [0.2, 0.25) is 0 Å². The van der Waals surface area contributed by atoms with Gasteiger partial charge in [-0.1, -0.05) is 6.07 Å². The molecule has 0 heterocycles. The molecule has 1 rings (SSSR count). The van der Waals surface area contributed by atoms with Crippen molar-refractivity contribution < 1.29 is 24.1 Å². The second kappa shape index (κ2) is 9.04. The van der Waals surface area contributed by atoms with Crippen molar-refractivity contribution in [3.63, 3.8) is 0 Å². The number of carbonyl (C=O) groups is 1. The van der Waals surface area contributed by atoms with Crippen molar-refractivity contribution in [3.05, 3.63) is 23.8 Å². The van der Waals surface area contributed by atoms with Gasteiger partial charge in [0.25, 0.3) is 0 Å². The lowest BCUT2D eigenvalue weighted by Crippen LogP contribution is -2.39. The van der Waals surface area contributed by atoms with Crippen LogP contribution in [0.4, 0.5) is 4.79 Å². The molecule has 0 spiro atoms. The normalized spacial score (nSPS) is 11.6. The molecule has 3 N–H and O–H groups in total. The maximum Gasteiger partial charge on any atom is 0.314 e. The SMILES string of the molecule is COCCNC(=O)NC[C@@H](O)c1ccc(OC)c(OC)c1. The van der Waals surface area contributed by atoms with Gasteiger partial charge in [-0.2, -0.15) is 0 Å². The van der Waals surface area contributed by atoms with Crippen LogP contribution in [0.15, 0.2) is 18.2 Å². The Balaban J connectivity index is 2.51. The molecule has 0 radical (unpaired) electrons. The molecular weight excluding hydrogens is 276 g/mol. The third-order valence-corrected chi connectivity index (χ3v) is 2.84. The fourth-order valence-electron chi connectivity index (χ4n) is 1.70. The first-order chi connectivity index (χ1) is 10.1. The van der Waals surface area contributed by atoms with Crippen molar-refractivity contribution in [3.8, 4) is 11.5 Å². The average molecular weight is 298 g/mol. The molecule has 0 aliphatic carbocycles. The number of rotatable bonds is 8. The Kier molecular flexibility index (Phi) is 7.34. The number of methoxy groups -OCH3 is 3. The summed E-state index contributed by atoms with van der Waals surface area (Å²) in [6, 6.07) is 4.74. The van der Waals surface area contributed by atoms with Gasteiger partial charge in [-0.25, -0.2) is 4.79 Å². The van der Waals surface area contributed by atoms with Crippen molar-refractivity contribution in [2.24, 2.45) is 0 Å². The minimum Gasteiger partial charge on any atom is -0.493 e. The first kappa shape index (κ1) is 17.1. The smallest absolute Gasteiger partial charge is 0.314 e. The molecule has 0 aliphatic rings. The number of benzene rings is 1. The monoisotopic (exact) mass is 298 g/mol. The Labute approximate surface area is 124 Å². The van der Waals surface area contributed by atoms with Gasteiger partial charge >= 0.3 is 6.03 Å². The van der Waals surface area contributed by atoms with E-state index in [0.29, 0.717) is 30.2 Å². The van der Waals surface area contributed by atoms with E-state index in [1.54, 1.807) is 32.4 Å². The molecule has 1 atom stereocenters. The van der Waals surface area contributed by atoms with Crippen molar-refractivity contribution >= 4 is 6.03 Å². The number of carbonyl (C=O) groups excluding carboxylic acids is 1. The summed E-state index contributed by atoms with van der Waals surface area (Å²) in [7, 11) is 4.62. The van der Waals surface area contributed by atoms with Crippen LogP contribution in [0.5, 0.6) is 11.5 Å². The predicted molar refractivity (Wildman–Crippen MR) is 77.8 cm³/mol. The molecule has 0 aliphatic heterocycles. The number of urea groups is 1. The van der Waals surface area contributed by atoms with E-state index in [1.807, 2.05) is 0 Å².